The molecule has 1 nitrogen and oxygen atoms in total. The van der Waals surface area contributed by atoms with E-state index in [4.69, 9.17) is 10.6 Å². The van der Waals surface area contributed by atoms with E-state index >= 15 is 0 Å². The van der Waals surface area contributed by atoms with Gasteiger partial charge in [-0.15, -0.1) is 6.42 Å². The molecule has 0 unspecified atom stereocenters. The molecular weight excluding hydrogens is 168 g/mol. The van der Waals surface area contributed by atoms with Crippen LogP contribution in [0.15, 0.2) is 24.3 Å². The number of aryl methyl sites for hydroxylation is 1. The Hall–Kier alpha value is -1.07. The molecule has 0 saturated carbocycles. The van der Waals surface area contributed by atoms with Gasteiger partial charge in [0.05, 0.1) is 17.8 Å². The minimum atomic E-state index is 0.577. The minimum Gasteiger partial charge on any atom is -0.425 e. The van der Waals surface area contributed by atoms with Crippen LogP contribution in [0.5, 0.6) is 5.75 Å². The highest BCUT2D eigenvalue weighted by Crippen LogP contribution is 2.16. The Morgan fingerprint density at radius 2 is 2.08 bits per heavy atom. The molecule has 0 atom stereocenters. The summed E-state index contributed by atoms with van der Waals surface area (Å²) in [5.74, 6) is 3.91. The molecule has 0 spiro atoms. The molecule has 0 aliphatic rings. The van der Waals surface area contributed by atoms with Crippen molar-refractivity contribution < 1.29 is 4.18 Å². The van der Waals surface area contributed by atoms with Crippen molar-refractivity contribution >= 4 is 12.0 Å². The zero-order chi connectivity index (χ0) is 8.81. The smallest absolute Gasteiger partial charge is 0.137 e. The van der Waals surface area contributed by atoms with Crippen molar-refractivity contribution in [2.24, 2.45) is 0 Å². The fraction of sp³-hybridized carbons (Fsp3) is 0.200. The van der Waals surface area contributed by atoms with Crippen LogP contribution in [0.25, 0.3) is 0 Å². The van der Waals surface area contributed by atoms with Crippen LogP contribution in [0.2, 0.25) is 0 Å². The molecule has 0 bridgehead atoms. The van der Waals surface area contributed by atoms with Crippen LogP contribution >= 0.6 is 12.0 Å². The van der Waals surface area contributed by atoms with E-state index < -0.39 is 0 Å². The number of hydrogen-bond acceptors (Lipinski definition) is 2. The maximum Gasteiger partial charge on any atom is 0.137 e. The number of terminal acetylenes is 1. The second kappa shape index (κ2) is 4.74. The third kappa shape index (κ3) is 2.89. The van der Waals surface area contributed by atoms with E-state index in [0.717, 1.165) is 5.75 Å². The van der Waals surface area contributed by atoms with Crippen LogP contribution in [0.4, 0.5) is 0 Å². The molecule has 62 valence electrons. The normalized spacial score (nSPS) is 9.00. The summed E-state index contributed by atoms with van der Waals surface area (Å²) in [5.41, 5.74) is 1.23. The highest BCUT2D eigenvalue weighted by atomic mass is 32.2. The van der Waals surface area contributed by atoms with Crippen LogP contribution in [-0.4, -0.2) is 5.75 Å². The lowest BCUT2D eigenvalue weighted by Crippen LogP contribution is -1.82. The Morgan fingerprint density at radius 1 is 1.42 bits per heavy atom. The molecule has 0 aromatic heterocycles. The average Bonchev–Trinajstić information content (AvgIpc) is 2.09. The Labute approximate surface area is 77.3 Å². The Morgan fingerprint density at radius 3 is 2.67 bits per heavy atom. The SMILES string of the molecule is C#CCSOc1ccc(C)cc1. The summed E-state index contributed by atoms with van der Waals surface area (Å²) in [6, 6.07) is 7.87. The molecule has 0 radical (unpaired) electrons. The molecule has 0 N–H and O–H groups in total. The maximum absolute atomic E-state index is 5.28. The Kier molecular flexibility index (Phi) is 3.56. The molecule has 0 amide bonds. The molecule has 0 fully saturated rings. The van der Waals surface area contributed by atoms with Crippen molar-refractivity contribution in [1.29, 1.82) is 0 Å². The Balaban J connectivity index is 2.43. The highest BCUT2D eigenvalue weighted by Gasteiger charge is 1.91. The molecule has 1 rings (SSSR count). The summed E-state index contributed by atoms with van der Waals surface area (Å²) in [5, 5.41) is 0. The largest absolute Gasteiger partial charge is 0.425 e. The standard InChI is InChI=1S/C10H10OS/c1-3-8-12-11-10-6-4-9(2)5-7-10/h1,4-7H,8H2,2H3. The van der Waals surface area contributed by atoms with Crippen LogP contribution in [0.3, 0.4) is 0 Å². The van der Waals surface area contributed by atoms with E-state index in [-0.39, 0.29) is 0 Å². The van der Waals surface area contributed by atoms with E-state index in [1.54, 1.807) is 0 Å². The molecule has 12 heavy (non-hydrogen) atoms. The van der Waals surface area contributed by atoms with Gasteiger partial charge in [0, 0.05) is 0 Å². The zero-order valence-corrected chi connectivity index (χ0v) is 7.73. The van der Waals surface area contributed by atoms with Crippen molar-refractivity contribution in [2.45, 2.75) is 6.92 Å². The fourth-order valence-electron chi connectivity index (χ4n) is 0.725. The maximum atomic E-state index is 5.28. The molecule has 0 aliphatic carbocycles. The second-order valence-corrected chi connectivity index (χ2v) is 3.05. The van der Waals surface area contributed by atoms with Crippen molar-refractivity contribution in [2.75, 3.05) is 5.75 Å². The van der Waals surface area contributed by atoms with Crippen molar-refractivity contribution in [3.05, 3.63) is 29.8 Å². The quantitative estimate of drug-likeness (QED) is 0.400. The van der Waals surface area contributed by atoms with Gasteiger partial charge in [-0.1, -0.05) is 23.6 Å². The van der Waals surface area contributed by atoms with Gasteiger partial charge in [-0.3, -0.25) is 0 Å². The molecule has 1 aromatic carbocycles. The molecule has 0 saturated heterocycles. The summed E-state index contributed by atoms with van der Waals surface area (Å²) in [4.78, 5) is 0. The average molecular weight is 178 g/mol. The van der Waals surface area contributed by atoms with E-state index in [1.807, 2.05) is 31.2 Å². The van der Waals surface area contributed by atoms with Crippen LogP contribution in [0, 0.1) is 19.3 Å². The lowest BCUT2D eigenvalue weighted by atomic mass is 10.2. The van der Waals surface area contributed by atoms with Crippen molar-refractivity contribution in [1.82, 2.24) is 0 Å². The molecule has 2 heteroatoms. The summed E-state index contributed by atoms with van der Waals surface area (Å²) >= 11 is 1.28. The summed E-state index contributed by atoms with van der Waals surface area (Å²) in [7, 11) is 0. The molecule has 0 aliphatic heterocycles. The van der Waals surface area contributed by atoms with E-state index in [2.05, 4.69) is 5.92 Å². The van der Waals surface area contributed by atoms with Gasteiger partial charge in [-0.2, -0.15) is 0 Å². The van der Waals surface area contributed by atoms with E-state index in [1.165, 1.54) is 17.6 Å². The molecule has 0 heterocycles. The van der Waals surface area contributed by atoms with Crippen LogP contribution < -0.4 is 4.18 Å². The van der Waals surface area contributed by atoms with Crippen molar-refractivity contribution in [3.8, 4) is 18.1 Å². The minimum absolute atomic E-state index is 0.577. The number of rotatable bonds is 3. The van der Waals surface area contributed by atoms with Gasteiger partial charge in [-0.25, -0.2) is 0 Å². The summed E-state index contributed by atoms with van der Waals surface area (Å²) < 4.78 is 5.28. The summed E-state index contributed by atoms with van der Waals surface area (Å²) in [6.45, 7) is 2.04. The third-order valence-corrected chi connectivity index (χ3v) is 1.91. The highest BCUT2D eigenvalue weighted by molar-refractivity contribution is 7.95. The summed E-state index contributed by atoms with van der Waals surface area (Å²) in [6.07, 6.45) is 5.07. The number of hydrogen-bond donors (Lipinski definition) is 0. The van der Waals surface area contributed by atoms with Gasteiger partial charge >= 0.3 is 0 Å². The first-order valence-electron chi connectivity index (χ1n) is 3.62. The van der Waals surface area contributed by atoms with Gasteiger partial charge in [0.1, 0.15) is 5.75 Å². The first kappa shape index (κ1) is 9.02. The topological polar surface area (TPSA) is 9.23 Å². The van der Waals surface area contributed by atoms with Gasteiger partial charge in [-0.05, 0) is 19.1 Å². The van der Waals surface area contributed by atoms with Crippen LogP contribution in [0.1, 0.15) is 5.56 Å². The lowest BCUT2D eigenvalue weighted by Gasteiger charge is -2.00. The van der Waals surface area contributed by atoms with E-state index in [9.17, 15) is 0 Å². The van der Waals surface area contributed by atoms with Gasteiger partial charge in [0.25, 0.3) is 0 Å². The lowest BCUT2D eigenvalue weighted by molar-refractivity contribution is 0.648. The second-order valence-electron chi connectivity index (χ2n) is 2.36. The Bertz CT molecular complexity index is 271. The molecular formula is C10H10OS. The van der Waals surface area contributed by atoms with E-state index in [0.29, 0.717) is 5.75 Å². The first-order chi connectivity index (χ1) is 5.83. The van der Waals surface area contributed by atoms with Crippen molar-refractivity contribution in [3.63, 3.8) is 0 Å². The molecule has 1 aromatic rings. The first-order valence-corrected chi connectivity index (χ1v) is 4.53. The third-order valence-electron chi connectivity index (χ3n) is 1.32. The zero-order valence-electron chi connectivity index (χ0n) is 6.91. The van der Waals surface area contributed by atoms with Crippen LogP contribution in [-0.2, 0) is 0 Å². The monoisotopic (exact) mass is 178 g/mol. The van der Waals surface area contributed by atoms with Gasteiger partial charge in [0.2, 0.25) is 0 Å². The fourth-order valence-corrected chi connectivity index (χ4v) is 1.10. The predicted octanol–water partition coefficient (Wildman–Crippen LogP) is 2.66. The predicted molar refractivity (Wildman–Crippen MR) is 53.1 cm³/mol. The number of benzene rings is 1. The van der Waals surface area contributed by atoms with Gasteiger partial charge < -0.3 is 4.18 Å². The van der Waals surface area contributed by atoms with Gasteiger partial charge in [0.15, 0.2) is 0 Å².